The summed E-state index contributed by atoms with van der Waals surface area (Å²) in [5.41, 5.74) is 0.701. The van der Waals surface area contributed by atoms with Gasteiger partial charge < -0.3 is 4.74 Å². The number of methoxy groups -OCH3 is 1. The molecule has 0 aliphatic carbocycles. The number of carbonyl (C=O) groups excluding carboxylic acids is 2. The van der Waals surface area contributed by atoms with Crippen LogP contribution in [0.25, 0.3) is 0 Å². The highest BCUT2D eigenvalue weighted by atomic mass is 16.7. The van der Waals surface area contributed by atoms with Crippen LogP contribution in [0.4, 0.5) is 10.5 Å². The minimum atomic E-state index is -0.688. The van der Waals surface area contributed by atoms with Crippen molar-refractivity contribution < 1.29 is 19.2 Å². The molecule has 1 amide bonds. The average Bonchev–Trinajstić information content (AvgIpc) is 2.30. The SMILES string of the molecule is COC(=O)N(OC)c1ccccc1C=O. The van der Waals surface area contributed by atoms with Crippen molar-refractivity contribution in [2.45, 2.75) is 0 Å². The molecule has 80 valence electrons. The molecule has 0 N–H and O–H groups in total. The molecule has 5 nitrogen and oxygen atoms in total. The van der Waals surface area contributed by atoms with Gasteiger partial charge in [-0.05, 0) is 12.1 Å². The van der Waals surface area contributed by atoms with Crippen molar-refractivity contribution >= 4 is 18.1 Å². The molecule has 15 heavy (non-hydrogen) atoms. The first-order valence-electron chi connectivity index (χ1n) is 4.21. The maximum atomic E-state index is 11.3. The number of hydrogen-bond donors (Lipinski definition) is 0. The molecule has 0 spiro atoms. The molecule has 5 heteroatoms. The summed E-state index contributed by atoms with van der Waals surface area (Å²) in [4.78, 5) is 26.8. The molecule has 0 aliphatic rings. The molecular formula is C10H11NO4. The highest BCUT2D eigenvalue weighted by molar-refractivity contribution is 5.93. The van der Waals surface area contributed by atoms with Gasteiger partial charge in [-0.25, -0.2) is 4.79 Å². The second-order valence-corrected chi connectivity index (χ2v) is 2.62. The number of hydrogen-bond acceptors (Lipinski definition) is 4. The summed E-state index contributed by atoms with van der Waals surface area (Å²) in [5, 5.41) is 0.906. The molecule has 0 bridgehead atoms. The maximum Gasteiger partial charge on any atom is 0.438 e. The average molecular weight is 209 g/mol. The smallest absolute Gasteiger partial charge is 0.438 e. The molecule has 0 atom stereocenters. The van der Waals surface area contributed by atoms with Gasteiger partial charge in [-0.1, -0.05) is 12.1 Å². The number of hydroxylamine groups is 1. The first-order valence-corrected chi connectivity index (χ1v) is 4.21. The Balaban J connectivity index is 3.11. The summed E-state index contributed by atoms with van der Waals surface area (Å²) in [6.07, 6.45) is -0.0450. The van der Waals surface area contributed by atoms with Crippen LogP contribution in [0.5, 0.6) is 0 Å². The molecule has 0 saturated heterocycles. The number of benzene rings is 1. The van der Waals surface area contributed by atoms with E-state index in [0.29, 0.717) is 17.5 Å². The van der Waals surface area contributed by atoms with E-state index in [2.05, 4.69) is 4.74 Å². The lowest BCUT2D eigenvalue weighted by molar-refractivity contribution is 0.110. The molecule has 0 unspecified atom stereocenters. The molecule has 1 aromatic rings. The van der Waals surface area contributed by atoms with Gasteiger partial charge in [0.15, 0.2) is 6.29 Å². The van der Waals surface area contributed by atoms with E-state index in [0.717, 1.165) is 5.06 Å². The number of carbonyl (C=O) groups is 2. The van der Waals surface area contributed by atoms with Gasteiger partial charge >= 0.3 is 6.09 Å². The van der Waals surface area contributed by atoms with E-state index < -0.39 is 6.09 Å². The summed E-state index contributed by atoms with van der Waals surface area (Å²) in [6, 6.07) is 6.55. The Kier molecular flexibility index (Phi) is 3.82. The van der Waals surface area contributed by atoms with Gasteiger partial charge in [-0.15, -0.1) is 0 Å². The highest BCUT2D eigenvalue weighted by Crippen LogP contribution is 2.19. The summed E-state index contributed by atoms with van der Waals surface area (Å²) < 4.78 is 4.50. The van der Waals surface area contributed by atoms with Crippen molar-refractivity contribution in [1.82, 2.24) is 0 Å². The quantitative estimate of drug-likeness (QED) is 0.560. The topological polar surface area (TPSA) is 55.8 Å². The van der Waals surface area contributed by atoms with Crippen LogP contribution >= 0.6 is 0 Å². The lowest BCUT2D eigenvalue weighted by Crippen LogP contribution is -2.30. The first kappa shape index (κ1) is 11.2. The van der Waals surface area contributed by atoms with Gasteiger partial charge in [-0.3, -0.25) is 9.63 Å². The van der Waals surface area contributed by atoms with Crippen LogP contribution in [-0.4, -0.2) is 26.6 Å². The Labute approximate surface area is 87.2 Å². The fourth-order valence-corrected chi connectivity index (χ4v) is 1.13. The van der Waals surface area contributed by atoms with Crippen LogP contribution in [-0.2, 0) is 9.57 Å². The zero-order valence-corrected chi connectivity index (χ0v) is 8.47. The van der Waals surface area contributed by atoms with Crippen LogP contribution in [0.2, 0.25) is 0 Å². The number of ether oxygens (including phenoxy) is 1. The van der Waals surface area contributed by atoms with E-state index in [4.69, 9.17) is 4.84 Å². The molecular weight excluding hydrogens is 198 g/mol. The molecule has 0 saturated carbocycles. The van der Waals surface area contributed by atoms with E-state index in [1.807, 2.05) is 0 Å². The van der Waals surface area contributed by atoms with Crippen molar-refractivity contribution in [2.24, 2.45) is 0 Å². The Morgan fingerprint density at radius 2 is 2.00 bits per heavy atom. The molecule has 1 aromatic carbocycles. The van der Waals surface area contributed by atoms with Gasteiger partial charge in [0, 0.05) is 5.56 Å². The monoisotopic (exact) mass is 209 g/mol. The molecule has 1 rings (SSSR count). The number of nitrogens with zero attached hydrogens (tertiary/aromatic N) is 1. The Hall–Kier alpha value is -1.88. The molecule has 0 fully saturated rings. The van der Waals surface area contributed by atoms with Gasteiger partial charge in [0.1, 0.15) is 0 Å². The zero-order chi connectivity index (χ0) is 11.3. The predicted molar refractivity (Wildman–Crippen MR) is 53.7 cm³/mol. The summed E-state index contributed by atoms with van der Waals surface area (Å²) in [5.74, 6) is 0. The Bertz CT molecular complexity index is 364. The van der Waals surface area contributed by atoms with E-state index >= 15 is 0 Å². The number of amides is 1. The Morgan fingerprint density at radius 1 is 1.33 bits per heavy atom. The van der Waals surface area contributed by atoms with Gasteiger partial charge in [0.05, 0.1) is 19.9 Å². The third kappa shape index (κ3) is 2.32. The predicted octanol–water partition coefficient (Wildman–Crippen LogP) is 1.63. The largest absolute Gasteiger partial charge is 0.451 e. The number of aldehydes is 1. The zero-order valence-electron chi connectivity index (χ0n) is 8.47. The van der Waals surface area contributed by atoms with Crippen molar-refractivity contribution in [3.8, 4) is 0 Å². The fraction of sp³-hybridized carbons (Fsp3) is 0.200. The second-order valence-electron chi connectivity index (χ2n) is 2.62. The third-order valence-electron chi connectivity index (χ3n) is 1.81. The van der Waals surface area contributed by atoms with Crippen LogP contribution < -0.4 is 5.06 Å². The van der Waals surface area contributed by atoms with Crippen molar-refractivity contribution in [2.75, 3.05) is 19.3 Å². The summed E-state index contributed by atoms with van der Waals surface area (Å²) in [7, 11) is 2.55. The number of anilines is 1. The van der Waals surface area contributed by atoms with E-state index in [9.17, 15) is 9.59 Å². The molecule has 0 aromatic heterocycles. The van der Waals surface area contributed by atoms with E-state index in [-0.39, 0.29) is 0 Å². The second kappa shape index (κ2) is 5.11. The molecule has 0 heterocycles. The van der Waals surface area contributed by atoms with Crippen LogP contribution in [0, 0.1) is 0 Å². The lowest BCUT2D eigenvalue weighted by atomic mass is 10.2. The van der Waals surface area contributed by atoms with Gasteiger partial charge in [0.2, 0.25) is 0 Å². The normalized spacial score (nSPS) is 9.47. The van der Waals surface area contributed by atoms with Crippen LogP contribution in [0.3, 0.4) is 0 Å². The standard InChI is InChI=1S/C10H11NO4/c1-14-10(13)11(15-2)9-6-4-3-5-8(9)7-12/h3-7H,1-2H3. The fourth-order valence-electron chi connectivity index (χ4n) is 1.13. The minimum absolute atomic E-state index is 0.349. The summed E-state index contributed by atoms with van der Waals surface area (Å²) in [6.45, 7) is 0. The summed E-state index contributed by atoms with van der Waals surface area (Å²) >= 11 is 0. The van der Waals surface area contributed by atoms with Crippen LogP contribution in [0.1, 0.15) is 10.4 Å². The number of para-hydroxylation sites is 1. The Morgan fingerprint density at radius 3 is 2.53 bits per heavy atom. The van der Waals surface area contributed by atoms with Crippen molar-refractivity contribution in [1.29, 1.82) is 0 Å². The van der Waals surface area contributed by atoms with Gasteiger partial charge in [0.25, 0.3) is 0 Å². The maximum absolute atomic E-state index is 11.3. The first-order chi connectivity index (χ1) is 7.24. The van der Waals surface area contributed by atoms with Crippen molar-refractivity contribution in [3.05, 3.63) is 29.8 Å². The molecule has 0 aliphatic heterocycles. The van der Waals surface area contributed by atoms with E-state index in [1.165, 1.54) is 14.2 Å². The minimum Gasteiger partial charge on any atom is -0.451 e. The number of rotatable bonds is 3. The molecule has 0 radical (unpaired) electrons. The highest BCUT2D eigenvalue weighted by Gasteiger charge is 2.18. The third-order valence-corrected chi connectivity index (χ3v) is 1.81. The van der Waals surface area contributed by atoms with E-state index in [1.54, 1.807) is 24.3 Å². The van der Waals surface area contributed by atoms with Crippen LogP contribution in [0.15, 0.2) is 24.3 Å². The van der Waals surface area contributed by atoms with Crippen molar-refractivity contribution in [3.63, 3.8) is 0 Å². The van der Waals surface area contributed by atoms with Gasteiger partial charge in [-0.2, -0.15) is 5.06 Å². The lowest BCUT2D eigenvalue weighted by Gasteiger charge is -2.18.